The number of hydrogen-bond donors (Lipinski definition) is 5. The molecule has 0 aliphatic rings. The summed E-state index contributed by atoms with van der Waals surface area (Å²) in [6, 6.07) is 0. The molecule has 0 radical (unpaired) electrons. The number of nitrogens with zero attached hydrogens (tertiary/aromatic N) is 1. The maximum Gasteiger partial charge on any atom is 0.330 e. The van der Waals surface area contributed by atoms with Crippen LogP contribution in [0.25, 0.3) is 0 Å². The highest BCUT2D eigenvalue weighted by molar-refractivity contribution is 5.79. The van der Waals surface area contributed by atoms with E-state index in [2.05, 4.69) is 10.3 Å². The number of amides is 1. The first kappa shape index (κ1) is 15.8. The van der Waals surface area contributed by atoms with Crippen molar-refractivity contribution in [2.75, 3.05) is 17.6 Å². The number of aromatic amines is 1. The van der Waals surface area contributed by atoms with Crippen molar-refractivity contribution in [3.05, 3.63) is 20.8 Å². The second kappa shape index (κ2) is 6.24. The number of nitrogens with two attached hydrogens (primary N) is 2. The molecular weight excluding hydrogens is 266 g/mol. The first-order chi connectivity index (χ1) is 9.23. The Morgan fingerprint density at radius 3 is 2.55 bits per heavy atom. The Hall–Kier alpha value is -2.29. The summed E-state index contributed by atoms with van der Waals surface area (Å²) in [6.07, 6.45) is -1.46. The standard InChI is InChI=1S/C11H19N5O4/c1-5(2)4-16-8(12)7(10(19)15-11(16)20)14-3-6(17)9(13)18/h5-6,14,17H,3-4,12H2,1-2H3,(H2,13,18)(H,15,19,20). The Morgan fingerprint density at radius 1 is 1.45 bits per heavy atom. The third kappa shape index (κ3) is 3.60. The molecule has 0 spiro atoms. The lowest BCUT2D eigenvalue weighted by Crippen LogP contribution is -2.38. The number of primary amides is 1. The number of carbonyl (C=O) groups is 1. The van der Waals surface area contributed by atoms with Gasteiger partial charge in [0.2, 0.25) is 5.91 Å². The number of nitrogen functional groups attached to an aromatic ring is 1. The fourth-order valence-electron chi connectivity index (χ4n) is 1.60. The third-order valence-corrected chi connectivity index (χ3v) is 2.59. The number of aliphatic hydroxyl groups excluding tert-OH is 1. The Kier molecular flexibility index (Phi) is 4.92. The predicted molar refractivity (Wildman–Crippen MR) is 74.3 cm³/mol. The van der Waals surface area contributed by atoms with E-state index in [0.717, 1.165) is 0 Å². The highest BCUT2D eigenvalue weighted by Gasteiger charge is 2.16. The number of H-pyrrole nitrogens is 1. The molecule has 1 aromatic rings. The molecule has 0 aromatic carbocycles. The quantitative estimate of drug-likeness (QED) is 0.408. The first-order valence-electron chi connectivity index (χ1n) is 6.07. The minimum absolute atomic E-state index is 0.0517. The summed E-state index contributed by atoms with van der Waals surface area (Å²) in [5.41, 5.74) is 9.27. The van der Waals surface area contributed by atoms with Crippen molar-refractivity contribution in [1.82, 2.24) is 9.55 Å². The van der Waals surface area contributed by atoms with Crippen LogP contribution in [0.3, 0.4) is 0 Å². The van der Waals surface area contributed by atoms with Crippen LogP contribution < -0.4 is 28.0 Å². The highest BCUT2D eigenvalue weighted by Crippen LogP contribution is 2.11. The van der Waals surface area contributed by atoms with E-state index in [1.807, 2.05) is 13.8 Å². The molecule has 20 heavy (non-hydrogen) atoms. The molecule has 1 heterocycles. The Labute approximate surface area is 114 Å². The van der Waals surface area contributed by atoms with Crippen LogP contribution in [0, 0.1) is 5.92 Å². The lowest BCUT2D eigenvalue weighted by Gasteiger charge is -2.16. The maximum absolute atomic E-state index is 11.7. The number of hydrogen-bond acceptors (Lipinski definition) is 6. The monoisotopic (exact) mass is 285 g/mol. The van der Waals surface area contributed by atoms with Gasteiger partial charge in [-0.05, 0) is 5.92 Å². The van der Waals surface area contributed by atoms with Gasteiger partial charge >= 0.3 is 5.69 Å². The molecule has 7 N–H and O–H groups in total. The second-order valence-corrected chi connectivity index (χ2v) is 4.82. The van der Waals surface area contributed by atoms with Gasteiger partial charge in [0.05, 0.1) is 6.54 Å². The van der Waals surface area contributed by atoms with E-state index in [4.69, 9.17) is 11.5 Å². The summed E-state index contributed by atoms with van der Waals surface area (Å²) < 4.78 is 1.21. The van der Waals surface area contributed by atoms with Crippen LogP contribution in [0.2, 0.25) is 0 Å². The van der Waals surface area contributed by atoms with Crippen LogP contribution in [0.4, 0.5) is 11.5 Å². The molecule has 1 amide bonds. The number of aromatic nitrogens is 2. The van der Waals surface area contributed by atoms with Gasteiger partial charge in [0.15, 0.2) is 0 Å². The van der Waals surface area contributed by atoms with Crippen LogP contribution in [0.1, 0.15) is 13.8 Å². The zero-order valence-electron chi connectivity index (χ0n) is 11.3. The number of aliphatic hydroxyl groups is 1. The summed E-state index contributed by atoms with van der Waals surface area (Å²) >= 11 is 0. The van der Waals surface area contributed by atoms with Crippen molar-refractivity contribution >= 4 is 17.4 Å². The van der Waals surface area contributed by atoms with E-state index < -0.39 is 23.3 Å². The molecule has 1 aromatic heterocycles. The molecule has 112 valence electrons. The Bertz CT molecular complexity index is 604. The van der Waals surface area contributed by atoms with Crippen molar-refractivity contribution < 1.29 is 9.90 Å². The molecule has 0 saturated carbocycles. The zero-order chi connectivity index (χ0) is 15.4. The van der Waals surface area contributed by atoms with Gasteiger partial charge in [-0.2, -0.15) is 0 Å². The predicted octanol–water partition coefficient (Wildman–Crippen LogP) is -1.97. The van der Waals surface area contributed by atoms with Crippen molar-refractivity contribution in [3.8, 4) is 0 Å². The molecule has 1 atom stereocenters. The Morgan fingerprint density at radius 2 is 2.05 bits per heavy atom. The summed E-state index contributed by atoms with van der Waals surface area (Å²) in [7, 11) is 0. The Balaban J connectivity index is 3.10. The van der Waals surface area contributed by atoms with Gasteiger partial charge in [-0.1, -0.05) is 13.8 Å². The summed E-state index contributed by atoms with van der Waals surface area (Å²) in [4.78, 5) is 36.2. The van der Waals surface area contributed by atoms with Crippen molar-refractivity contribution in [1.29, 1.82) is 0 Å². The largest absolute Gasteiger partial charge is 0.383 e. The summed E-state index contributed by atoms with van der Waals surface area (Å²) in [6.45, 7) is 3.83. The number of rotatable bonds is 6. The molecular formula is C11H19N5O4. The topological polar surface area (TPSA) is 156 Å². The molecule has 0 aliphatic heterocycles. The van der Waals surface area contributed by atoms with Gasteiger partial charge in [0.25, 0.3) is 5.56 Å². The van der Waals surface area contributed by atoms with Gasteiger partial charge in [-0.3, -0.25) is 19.1 Å². The van der Waals surface area contributed by atoms with Gasteiger partial charge < -0.3 is 21.9 Å². The maximum atomic E-state index is 11.7. The fourth-order valence-corrected chi connectivity index (χ4v) is 1.60. The number of carbonyl (C=O) groups excluding carboxylic acids is 1. The van der Waals surface area contributed by atoms with E-state index >= 15 is 0 Å². The molecule has 0 saturated heterocycles. The van der Waals surface area contributed by atoms with Crippen LogP contribution in [-0.2, 0) is 11.3 Å². The number of anilines is 2. The minimum atomic E-state index is -1.46. The van der Waals surface area contributed by atoms with E-state index in [0.29, 0.717) is 6.54 Å². The van der Waals surface area contributed by atoms with Crippen molar-refractivity contribution in [3.63, 3.8) is 0 Å². The average Bonchev–Trinajstić information content (AvgIpc) is 2.33. The van der Waals surface area contributed by atoms with Crippen LogP contribution in [0.15, 0.2) is 9.59 Å². The molecule has 0 bridgehead atoms. The van der Waals surface area contributed by atoms with E-state index in [9.17, 15) is 19.5 Å². The van der Waals surface area contributed by atoms with Gasteiger partial charge in [0.1, 0.15) is 17.6 Å². The SMILES string of the molecule is CC(C)Cn1c(N)c(NCC(O)C(N)=O)c(=O)[nH]c1=O. The molecule has 1 unspecified atom stereocenters. The highest BCUT2D eigenvalue weighted by atomic mass is 16.3. The van der Waals surface area contributed by atoms with Crippen molar-refractivity contribution in [2.45, 2.75) is 26.5 Å². The summed E-state index contributed by atoms with van der Waals surface area (Å²) in [5.74, 6) is -0.836. The first-order valence-corrected chi connectivity index (χ1v) is 6.07. The summed E-state index contributed by atoms with van der Waals surface area (Å²) in [5, 5.41) is 11.8. The van der Waals surface area contributed by atoms with Gasteiger partial charge in [-0.15, -0.1) is 0 Å². The van der Waals surface area contributed by atoms with Crippen molar-refractivity contribution in [2.24, 2.45) is 11.7 Å². The minimum Gasteiger partial charge on any atom is -0.383 e. The van der Waals surface area contributed by atoms with Gasteiger partial charge in [0, 0.05) is 6.54 Å². The third-order valence-electron chi connectivity index (χ3n) is 2.59. The second-order valence-electron chi connectivity index (χ2n) is 4.82. The molecule has 0 fully saturated rings. The van der Waals surface area contributed by atoms with Gasteiger partial charge in [-0.25, -0.2) is 4.79 Å². The normalized spacial score (nSPS) is 12.4. The lowest BCUT2D eigenvalue weighted by atomic mass is 10.2. The van der Waals surface area contributed by atoms with E-state index in [-0.39, 0.29) is 24.0 Å². The van der Waals surface area contributed by atoms with Crippen LogP contribution in [0.5, 0.6) is 0 Å². The molecule has 0 aliphatic carbocycles. The molecule has 9 nitrogen and oxygen atoms in total. The van der Waals surface area contributed by atoms with Crippen LogP contribution >= 0.6 is 0 Å². The number of nitrogens with one attached hydrogen (secondary N) is 2. The zero-order valence-corrected chi connectivity index (χ0v) is 11.3. The van der Waals surface area contributed by atoms with E-state index in [1.165, 1.54) is 4.57 Å². The van der Waals surface area contributed by atoms with Crippen LogP contribution in [-0.4, -0.2) is 33.2 Å². The fraction of sp³-hybridized carbons (Fsp3) is 0.545. The average molecular weight is 285 g/mol. The lowest BCUT2D eigenvalue weighted by molar-refractivity contribution is -0.125. The smallest absolute Gasteiger partial charge is 0.330 e. The van der Waals surface area contributed by atoms with E-state index in [1.54, 1.807) is 0 Å². The molecule has 1 rings (SSSR count). The molecule has 9 heteroatoms.